The summed E-state index contributed by atoms with van der Waals surface area (Å²) in [4.78, 5) is 18.3. The van der Waals surface area contributed by atoms with E-state index < -0.39 is 0 Å². The molecule has 3 N–H and O–H groups in total. The second-order valence-corrected chi connectivity index (χ2v) is 4.87. The number of likely N-dealkylation sites (N-methyl/N-ethyl adjacent to an activating group) is 1. The number of pyridine rings is 1. The van der Waals surface area contributed by atoms with E-state index in [4.69, 9.17) is 5.73 Å². The van der Waals surface area contributed by atoms with Gasteiger partial charge in [0.05, 0.1) is 24.0 Å². The Balaban J connectivity index is 2.22. The number of nitrogens with zero attached hydrogens (tertiary/aromatic N) is 2. The van der Waals surface area contributed by atoms with Gasteiger partial charge in [-0.2, -0.15) is 0 Å². The van der Waals surface area contributed by atoms with Crippen LogP contribution in [0.2, 0.25) is 0 Å². The molecule has 0 spiro atoms. The fraction of sp³-hybridized carbons (Fsp3) is 0.250. The average molecular weight is 285 g/mol. The minimum absolute atomic E-state index is 0.0662. The van der Waals surface area contributed by atoms with Crippen LogP contribution in [0.3, 0.4) is 0 Å². The van der Waals surface area contributed by atoms with Crippen LogP contribution in [0.15, 0.2) is 36.5 Å². The number of aryl methyl sites for hydroxylation is 1. The Morgan fingerprint density at radius 3 is 2.71 bits per heavy atom. The number of nitrogen functional groups attached to an aromatic ring is 1. The van der Waals surface area contributed by atoms with E-state index >= 15 is 0 Å². The van der Waals surface area contributed by atoms with Crippen molar-refractivity contribution >= 4 is 17.3 Å². The number of carbonyl (C=O) groups is 1. The molecule has 0 saturated carbocycles. The molecular weight excluding hydrogens is 266 g/mol. The summed E-state index contributed by atoms with van der Waals surface area (Å²) < 4.78 is 0. The first-order chi connectivity index (χ1) is 10.0. The van der Waals surface area contributed by atoms with E-state index in [9.17, 15) is 9.90 Å². The maximum absolute atomic E-state index is 12.5. The number of hydrogen-bond donors (Lipinski definition) is 2. The van der Waals surface area contributed by atoms with Crippen LogP contribution in [0.1, 0.15) is 18.2 Å². The molecule has 1 aromatic carbocycles. The molecule has 0 saturated heterocycles. The van der Waals surface area contributed by atoms with Crippen LogP contribution in [0, 0.1) is 6.92 Å². The SMILES string of the molecule is CCN(C(=O)Cc1ccc(N)cn1)c1cc(O)ccc1C. The van der Waals surface area contributed by atoms with Crippen LogP contribution in [0.5, 0.6) is 5.75 Å². The molecule has 0 radical (unpaired) electrons. The van der Waals surface area contributed by atoms with Gasteiger partial charge in [-0.25, -0.2) is 0 Å². The number of carbonyl (C=O) groups excluding carboxylic acids is 1. The monoisotopic (exact) mass is 285 g/mol. The van der Waals surface area contributed by atoms with E-state index in [0.29, 0.717) is 17.9 Å². The summed E-state index contributed by atoms with van der Waals surface area (Å²) in [5, 5.41) is 9.62. The molecular formula is C16H19N3O2. The van der Waals surface area contributed by atoms with Crippen LogP contribution >= 0.6 is 0 Å². The second-order valence-electron chi connectivity index (χ2n) is 4.87. The zero-order chi connectivity index (χ0) is 15.4. The molecule has 0 unspecified atom stereocenters. The van der Waals surface area contributed by atoms with E-state index in [1.54, 1.807) is 41.4 Å². The summed E-state index contributed by atoms with van der Waals surface area (Å²) >= 11 is 0. The van der Waals surface area contributed by atoms with Crippen molar-refractivity contribution < 1.29 is 9.90 Å². The highest BCUT2D eigenvalue weighted by Crippen LogP contribution is 2.25. The summed E-state index contributed by atoms with van der Waals surface area (Å²) in [6, 6.07) is 8.48. The summed E-state index contributed by atoms with van der Waals surface area (Å²) in [5.41, 5.74) is 8.49. The molecule has 5 nitrogen and oxygen atoms in total. The molecule has 0 aliphatic rings. The van der Waals surface area contributed by atoms with Gasteiger partial charge in [-0.15, -0.1) is 0 Å². The van der Waals surface area contributed by atoms with Crippen molar-refractivity contribution in [3.05, 3.63) is 47.8 Å². The number of hydrogen-bond acceptors (Lipinski definition) is 4. The number of phenolic OH excluding ortho intramolecular Hbond substituents is 1. The normalized spacial score (nSPS) is 10.4. The lowest BCUT2D eigenvalue weighted by atomic mass is 10.1. The predicted molar refractivity (Wildman–Crippen MR) is 83.2 cm³/mol. The van der Waals surface area contributed by atoms with Crippen LogP contribution < -0.4 is 10.6 Å². The van der Waals surface area contributed by atoms with Crippen LogP contribution in [0.4, 0.5) is 11.4 Å². The third-order valence-electron chi connectivity index (χ3n) is 3.28. The average Bonchev–Trinajstić information content (AvgIpc) is 2.46. The first-order valence-corrected chi connectivity index (χ1v) is 6.81. The van der Waals surface area contributed by atoms with Crippen molar-refractivity contribution in [1.29, 1.82) is 0 Å². The lowest BCUT2D eigenvalue weighted by Gasteiger charge is -2.23. The number of aromatic nitrogens is 1. The number of rotatable bonds is 4. The van der Waals surface area contributed by atoms with Gasteiger partial charge in [0.2, 0.25) is 5.91 Å². The Hall–Kier alpha value is -2.56. The van der Waals surface area contributed by atoms with Gasteiger partial charge < -0.3 is 15.7 Å². The predicted octanol–water partition coefficient (Wildman–Crippen LogP) is 2.27. The highest BCUT2D eigenvalue weighted by atomic mass is 16.3. The molecule has 0 atom stereocenters. The number of benzene rings is 1. The number of anilines is 2. The molecule has 0 fully saturated rings. The number of phenols is 1. The van der Waals surface area contributed by atoms with Crippen molar-refractivity contribution in [3.63, 3.8) is 0 Å². The van der Waals surface area contributed by atoms with Gasteiger partial charge in [0, 0.05) is 18.3 Å². The fourth-order valence-corrected chi connectivity index (χ4v) is 2.16. The Kier molecular flexibility index (Phi) is 4.42. The van der Waals surface area contributed by atoms with Crippen molar-refractivity contribution in [1.82, 2.24) is 4.98 Å². The van der Waals surface area contributed by atoms with E-state index in [0.717, 1.165) is 11.3 Å². The Bertz CT molecular complexity index is 638. The van der Waals surface area contributed by atoms with Crippen LogP contribution in [-0.4, -0.2) is 22.5 Å². The van der Waals surface area contributed by atoms with E-state index in [1.807, 2.05) is 13.8 Å². The van der Waals surface area contributed by atoms with E-state index in [2.05, 4.69) is 4.98 Å². The Labute approximate surface area is 124 Å². The van der Waals surface area contributed by atoms with E-state index in [-0.39, 0.29) is 18.1 Å². The molecule has 110 valence electrons. The zero-order valence-electron chi connectivity index (χ0n) is 12.2. The maximum atomic E-state index is 12.5. The minimum Gasteiger partial charge on any atom is -0.508 e. The molecule has 0 aliphatic heterocycles. The molecule has 5 heteroatoms. The number of nitrogens with two attached hydrogens (primary N) is 1. The molecule has 0 bridgehead atoms. The summed E-state index contributed by atoms with van der Waals surface area (Å²) in [6.07, 6.45) is 1.74. The van der Waals surface area contributed by atoms with Crippen molar-refractivity contribution in [2.75, 3.05) is 17.2 Å². The number of aromatic hydroxyl groups is 1. The van der Waals surface area contributed by atoms with Crippen LogP contribution in [-0.2, 0) is 11.2 Å². The van der Waals surface area contributed by atoms with Gasteiger partial charge in [0.15, 0.2) is 0 Å². The van der Waals surface area contributed by atoms with Gasteiger partial charge >= 0.3 is 0 Å². The lowest BCUT2D eigenvalue weighted by Crippen LogP contribution is -2.32. The first-order valence-electron chi connectivity index (χ1n) is 6.81. The topological polar surface area (TPSA) is 79.5 Å². The standard InChI is InChI=1S/C16H19N3O2/c1-3-19(15-9-14(20)7-4-11(15)2)16(21)8-13-6-5-12(17)10-18-13/h4-7,9-10,20H,3,8,17H2,1-2H3. The lowest BCUT2D eigenvalue weighted by molar-refractivity contribution is -0.118. The summed E-state index contributed by atoms with van der Waals surface area (Å²) in [5.74, 6) is 0.0796. The zero-order valence-corrected chi connectivity index (χ0v) is 12.2. The van der Waals surface area contributed by atoms with Crippen LogP contribution in [0.25, 0.3) is 0 Å². The van der Waals surface area contributed by atoms with Crippen molar-refractivity contribution in [3.8, 4) is 5.75 Å². The van der Waals surface area contributed by atoms with Gasteiger partial charge in [-0.05, 0) is 37.6 Å². The fourth-order valence-electron chi connectivity index (χ4n) is 2.16. The highest BCUT2D eigenvalue weighted by molar-refractivity contribution is 5.95. The van der Waals surface area contributed by atoms with Gasteiger partial charge in [-0.1, -0.05) is 6.07 Å². The Morgan fingerprint density at radius 2 is 2.10 bits per heavy atom. The molecule has 1 amide bonds. The Morgan fingerprint density at radius 1 is 1.33 bits per heavy atom. The quantitative estimate of drug-likeness (QED) is 0.903. The minimum atomic E-state index is -0.0662. The molecule has 2 rings (SSSR count). The smallest absolute Gasteiger partial charge is 0.232 e. The van der Waals surface area contributed by atoms with Crippen molar-refractivity contribution in [2.45, 2.75) is 20.3 Å². The summed E-state index contributed by atoms with van der Waals surface area (Å²) in [6.45, 7) is 4.34. The molecule has 21 heavy (non-hydrogen) atoms. The summed E-state index contributed by atoms with van der Waals surface area (Å²) in [7, 11) is 0. The largest absolute Gasteiger partial charge is 0.508 e. The maximum Gasteiger partial charge on any atom is 0.232 e. The molecule has 0 aliphatic carbocycles. The van der Waals surface area contributed by atoms with E-state index in [1.165, 1.54) is 0 Å². The van der Waals surface area contributed by atoms with Crippen molar-refractivity contribution in [2.24, 2.45) is 0 Å². The molecule has 2 aromatic rings. The van der Waals surface area contributed by atoms with Gasteiger partial charge in [0.1, 0.15) is 5.75 Å². The second kappa shape index (κ2) is 6.26. The molecule has 1 heterocycles. The first kappa shape index (κ1) is 14.8. The third kappa shape index (κ3) is 3.51. The molecule has 1 aromatic heterocycles. The number of amides is 1. The third-order valence-corrected chi connectivity index (χ3v) is 3.28. The highest BCUT2D eigenvalue weighted by Gasteiger charge is 2.17. The van der Waals surface area contributed by atoms with Gasteiger partial charge in [-0.3, -0.25) is 9.78 Å². The van der Waals surface area contributed by atoms with Gasteiger partial charge in [0.25, 0.3) is 0 Å².